The molecule has 0 atom stereocenters. The molecule has 0 unspecified atom stereocenters. The first-order valence-corrected chi connectivity index (χ1v) is 8.63. The number of morpholine rings is 1. The second-order valence-corrected chi connectivity index (χ2v) is 6.28. The van der Waals surface area contributed by atoms with Gasteiger partial charge in [0.1, 0.15) is 0 Å². The number of nitrogens with zero attached hydrogens (tertiary/aromatic N) is 2. The van der Waals surface area contributed by atoms with Crippen LogP contribution in [0, 0.1) is 0 Å². The van der Waals surface area contributed by atoms with Gasteiger partial charge in [0.15, 0.2) is 11.5 Å². The van der Waals surface area contributed by atoms with Crippen LogP contribution in [0.2, 0.25) is 0 Å². The minimum atomic E-state index is -0.0533. The van der Waals surface area contributed by atoms with E-state index in [0.717, 1.165) is 24.3 Å². The molecule has 1 N–H and O–H groups in total. The number of para-hydroxylation sites is 1. The fourth-order valence-electron chi connectivity index (χ4n) is 3.12. The predicted molar refractivity (Wildman–Crippen MR) is 99.9 cm³/mol. The number of aromatic hydroxyl groups is 1. The fourth-order valence-corrected chi connectivity index (χ4v) is 3.12. The summed E-state index contributed by atoms with van der Waals surface area (Å²) in [5.74, 6) is 0.433. The summed E-state index contributed by atoms with van der Waals surface area (Å²) in [6.45, 7) is 3.29. The number of hydrogen-bond donors (Lipinski definition) is 1. The second-order valence-electron chi connectivity index (χ2n) is 6.28. The van der Waals surface area contributed by atoms with Crippen LogP contribution < -0.4 is 9.64 Å². The molecule has 0 radical (unpaired) electrons. The quantitative estimate of drug-likeness (QED) is 0.892. The number of phenols is 1. The van der Waals surface area contributed by atoms with E-state index in [1.54, 1.807) is 24.1 Å². The van der Waals surface area contributed by atoms with Crippen LogP contribution in [0.15, 0.2) is 42.5 Å². The predicted octanol–water partition coefficient (Wildman–Crippen LogP) is 2.51. The smallest absolute Gasteiger partial charge is 0.256 e. The van der Waals surface area contributed by atoms with Gasteiger partial charge in [-0.1, -0.05) is 18.2 Å². The average Bonchev–Trinajstić information content (AvgIpc) is 2.68. The minimum absolute atomic E-state index is 0.0533. The van der Waals surface area contributed by atoms with E-state index in [-0.39, 0.29) is 11.7 Å². The van der Waals surface area contributed by atoms with Gasteiger partial charge in [-0.2, -0.15) is 0 Å². The van der Waals surface area contributed by atoms with Gasteiger partial charge in [0.2, 0.25) is 0 Å². The van der Waals surface area contributed by atoms with Crippen molar-refractivity contribution in [3.05, 3.63) is 53.6 Å². The molecule has 0 saturated carbocycles. The largest absolute Gasteiger partial charge is 0.504 e. The highest BCUT2D eigenvalue weighted by atomic mass is 16.5. The van der Waals surface area contributed by atoms with Crippen LogP contribution in [0.25, 0.3) is 0 Å². The van der Waals surface area contributed by atoms with Crippen molar-refractivity contribution in [2.45, 2.75) is 6.54 Å². The Labute approximate surface area is 153 Å². The fraction of sp³-hybridized carbons (Fsp3) is 0.350. The monoisotopic (exact) mass is 356 g/mol. The van der Waals surface area contributed by atoms with E-state index in [0.29, 0.717) is 31.1 Å². The molecule has 6 nitrogen and oxygen atoms in total. The van der Waals surface area contributed by atoms with Crippen molar-refractivity contribution in [3.63, 3.8) is 0 Å². The van der Waals surface area contributed by atoms with Crippen LogP contribution in [0.5, 0.6) is 11.5 Å². The number of anilines is 1. The van der Waals surface area contributed by atoms with Gasteiger partial charge in [0.25, 0.3) is 5.91 Å². The Morgan fingerprint density at radius 1 is 1.23 bits per heavy atom. The molecule has 1 saturated heterocycles. The summed E-state index contributed by atoms with van der Waals surface area (Å²) in [6.07, 6.45) is 0. The number of phenolic OH excluding ortho intramolecular Hbond substituents is 1. The number of ether oxygens (including phenoxy) is 2. The lowest BCUT2D eigenvalue weighted by Gasteiger charge is -2.31. The third kappa shape index (κ3) is 3.91. The highest BCUT2D eigenvalue weighted by Gasteiger charge is 2.21. The van der Waals surface area contributed by atoms with Gasteiger partial charge in [-0.15, -0.1) is 0 Å². The van der Waals surface area contributed by atoms with Gasteiger partial charge in [0, 0.05) is 32.4 Å². The maximum Gasteiger partial charge on any atom is 0.256 e. The molecule has 0 aliphatic carbocycles. The maximum atomic E-state index is 13.0. The Kier molecular flexibility index (Phi) is 5.63. The first kappa shape index (κ1) is 18.1. The van der Waals surface area contributed by atoms with Gasteiger partial charge in [-0.05, 0) is 29.8 Å². The Bertz CT molecular complexity index is 772. The lowest BCUT2D eigenvalue weighted by molar-refractivity contribution is 0.0784. The number of hydrogen-bond acceptors (Lipinski definition) is 5. The highest BCUT2D eigenvalue weighted by Crippen LogP contribution is 2.27. The van der Waals surface area contributed by atoms with Crippen LogP contribution in [-0.4, -0.2) is 56.4 Å². The molecule has 2 aromatic rings. The minimum Gasteiger partial charge on any atom is -0.504 e. The van der Waals surface area contributed by atoms with Gasteiger partial charge in [-0.25, -0.2) is 0 Å². The summed E-state index contributed by atoms with van der Waals surface area (Å²) in [4.78, 5) is 16.8. The molecule has 0 bridgehead atoms. The van der Waals surface area contributed by atoms with Crippen molar-refractivity contribution in [2.24, 2.45) is 0 Å². The summed E-state index contributed by atoms with van der Waals surface area (Å²) in [5.41, 5.74) is 2.45. The Hall–Kier alpha value is -2.73. The van der Waals surface area contributed by atoms with E-state index in [9.17, 15) is 9.90 Å². The van der Waals surface area contributed by atoms with E-state index in [1.165, 1.54) is 7.11 Å². The van der Waals surface area contributed by atoms with Crippen LogP contribution in [0.1, 0.15) is 15.9 Å². The molecule has 0 aromatic heterocycles. The number of amides is 1. The molecular weight excluding hydrogens is 332 g/mol. The Balaban J connectivity index is 1.77. The first-order valence-electron chi connectivity index (χ1n) is 8.63. The number of benzene rings is 2. The summed E-state index contributed by atoms with van der Waals surface area (Å²) < 4.78 is 10.5. The summed E-state index contributed by atoms with van der Waals surface area (Å²) in [5, 5.41) is 9.93. The molecule has 26 heavy (non-hydrogen) atoms. The standard InChI is InChI=1S/C20H24N2O4/c1-21(14-15-7-8-19(25-2)18(23)13-15)20(24)16-5-3-4-6-17(16)22-9-11-26-12-10-22/h3-8,13,23H,9-12,14H2,1-2H3. The molecule has 1 amide bonds. The first-order chi connectivity index (χ1) is 12.6. The zero-order chi connectivity index (χ0) is 18.5. The molecule has 1 heterocycles. The van der Waals surface area contributed by atoms with Crippen molar-refractivity contribution >= 4 is 11.6 Å². The van der Waals surface area contributed by atoms with Crippen LogP contribution in [0.3, 0.4) is 0 Å². The lowest BCUT2D eigenvalue weighted by Crippen LogP contribution is -2.38. The third-order valence-electron chi connectivity index (χ3n) is 4.50. The molecule has 2 aromatic carbocycles. The number of rotatable bonds is 5. The SMILES string of the molecule is COc1ccc(CN(C)C(=O)c2ccccc2N2CCOCC2)cc1O. The normalized spacial score (nSPS) is 14.2. The molecule has 6 heteroatoms. The summed E-state index contributed by atoms with van der Waals surface area (Å²) in [7, 11) is 3.27. The highest BCUT2D eigenvalue weighted by molar-refractivity contribution is 5.99. The zero-order valence-electron chi connectivity index (χ0n) is 15.1. The van der Waals surface area contributed by atoms with Gasteiger partial charge >= 0.3 is 0 Å². The third-order valence-corrected chi connectivity index (χ3v) is 4.50. The molecule has 1 fully saturated rings. The molecule has 3 rings (SSSR count). The van der Waals surface area contributed by atoms with E-state index >= 15 is 0 Å². The average molecular weight is 356 g/mol. The number of carbonyl (C=O) groups is 1. The van der Waals surface area contributed by atoms with Gasteiger partial charge in [0.05, 0.1) is 25.9 Å². The van der Waals surface area contributed by atoms with Crippen molar-refractivity contribution in [3.8, 4) is 11.5 Å². The Morgan fingerprint density at radius 2 is 1.96 bits per heavy atom. The zero-order valence-corrected chi connectivity index (χ0v) is 15.1. The van der Waals surface area contributed by atoms with Crippen molar-refractivity contribution in [2.75, 3.05) is 45.4 Å². The Morgan fingerprint density at radius 3 is 2.65 bits per heavy atom. The van der Waals surface area contributed by atoms with Crippen molar-refractivity contribution in [1.82, 2.24) is 4.90 Å². The van der Waals surface area contributed by atoms with Gasteiger partial charge in [-0.3, -0.25) is 4.79 Å². The number of methoxy groups -OCH3 is 1. The van der Waals surface area contributed by atoms with E-state index in [2.05, 4.69) is 4.90 Å². The molecule has 1 aliphatic rings. The maximum absolute atomic E-state index is 13.0. The van der Waals surface area contributed by atoms with Crippen LogP contribution in [0.4, 0.5) is 5.69 Å². The molecule has 0 spiro atoms. The molecule has 1 aliphatic heterocycles. The van der Waals surface area contributed by atoms with E-state index < -0.39 is 0 Å². The lowest BCUT2D eigenvalue weighted by atomic mass is 10.1. The van der Waals surface area contributed by atoms with Crippen LogP contribution >= 0.6 is 0 Å². The number of carbonyl (C=O) groups excluding carboxylic acids is 1. The topological polar surface area (TPSA) is 62.2 Å². The van der Waals surface area contributed by atoms with Crippen molar-refractivity contribution in [1.29, 1.82) is 0 Å². The summed E-state index contributed by atoms with van der Waals surface area (Å²) in [6, 6.07) is 12.8. The second kappa shape index (κ2) is 8.10. The molecule has 138 valence electrons. The molecular formula is C20H24N2O4. The summed E-state index contributed by atoms with van der Waals surface area (Å²) >= 11 is 0. The van der Waals surface area contributed by atoms with E-state index in [1.807, 2.05) is 30.3 Å². The van der Waals surface area contributed by atoms with Crippen LogP contribution in [-0.2, 0) is 11.3 Å². The van der Waals surface area contributed by atoms with Gasteiger partial charge < -0.3 is 24.4 Å². The van der Waals surface area contributed by atoms with Crippen molar-refractivity contribution < 1.29 is 19.4 Å². The van der Waals surface area contributed by atoms with E-state index in [4.69, 9.17) is 9.47 Å².